The molecule has 0 unspecified atom stereocenters. The zero-order valence-corrected chi connectivity index (χ0v) is 12.4. The van der Waals surface area contributed by atoms with Crippen molar-refractivity contribution in [3.63, 3.8) is 0 Å². The molecule has 0 N–H and O–H groups in total. The van der Waals surface area contributed by atoms with Crippen molar-refractivity contribution in [2.45, 2.75) is 25.6 Å². The van der Waals surface area contributed by atoms with E-state index < -0.39 is 5.79 Å². The van der Waals surface area contributed by atoms with Crippen LogP contribution in [0.4, 0.5) is 0 Å². The van der Waals surface area contributed by atoms with Gasteiger partial charge in [0.1, 0.15) is 0 Å². The highest BCUT2D eigenvalue weighted by atomic mass is 32.1. The van der Waals surface area contributed by atoms with Crippen LogP contribution < -0.4 is 0 Å². The lowest BCUT2D eigenvalue weighted by molar-refractivity contribution is -0.186. The predicted molar refractivity (Wildman–Crippen MR) is 78.5 cm³/mol. The fourth-order valence-corrected chi connectivity index (χ4v) is 3.44. The maximum absolute atomic E-state index is 12.1. The molecule has 1 amide bonds. The Morgan fingerprint density at radius 3 is 2.60 bits per heavy atom. The molecule has 0 aromatic carbocycles. The Hall–Kier alpha value is -1.17. The number of ether oxygens (including phenoxy) is 2. The summed E-state index contributed by atoms with van der Waals surface area (Å²) in [5, 5.41) is 0. The number of amides is 1. The smallest absolute Gasteiger partial charge is 0.246 e. The molecular formula is C15H19NO3S. The molecule has 0 bridgehead atoms. The van der Waals surface area contributed by atoms with Gasteiger partial charge in [-0.25, -0.2) is 0 Å². The Morgan fingerprint density at radius 2 is 2.00 bits per heavy atom. The van der Waals surface area contributed by atoms with Crippen molar-refractivity contribution in [2.75, 3.05) is 26.3 Å². The molecule has 2 saturated heterocycles. The molecular weight excluding hydrogens is 274 g/mol. The summed E-state index contributed by atoms with van der Waals surface area (Å²) in [4.78, 5) is 16.4. The molecule has 108 valence electrons. The van der Waals surface area contributed by atoms with Crippen LogP contribution in [-0.2, 0) is 14.3 Å². The van der Waals surface area contributed by atoms with Crippen LogP contribution in [0.3, 0.4) is 0 Å². The van der Waals surface area contributed by atoms with Crippen molar-refractivity contribution in [3.8, 4) is 0 Å². The van der Waals surface area contributed by atoms with Crippen LogP contribution in [0.2, 0.25) is 0 Å². The van der Waals surface area contributed by atoms with Crippen molar-refractivity contribution < 1.29 is 14.3 Å². The van der Waals surface area contributed by atoms with Gasteiger partial charge in [0.15, 0.2) is 5.79 Å². The summed E-state index contributed by atoms with van der Waals surface area (Å²) < 4.78 is 11.3. The maximum Gasteiger partial charge on any atom is 0.246 e. The number of rotatable bonds is 2. The van der Waals surface area contributed by atoms with Crippen molar-refractivity contribution in [3.05, 3.63) is 28.0 Å². The summed E-state index contributed by atoms with van der Waals surface area (Å²) in [6.07, 6.45) is 5.10. The average Bonchev–Trinajstić information content (AvgIpc) is 3.07. The Morgan fingerprint density at radius 1 is 1.30 bits per heavy atom. The Labute approximate surface area is 123 Å². The number of nitrogens with zero attached hydrogens (tertiary/aromatic N) is 1. The second-order valence-corrected chi connectivity index (χ2v) is 6.53. The molecule has 20 heavy (non-hydrogen) atoms. The minimum Gasteiger partial charge on any atom is -0.347 e. The highest BCUT2D eigenvalue weighted by Crippen LogP contribution is 2.31. The van der Waals surface area contributed by atoms with E-state index in [1.807, 2.05) is 17.0 Å². The molecule has 4 nitrogen and oxygen atoms in total. The van der Waals surface area contributed by atoms with Gasteiger partial charge in [-0.2, -0.15) is 0 Å². The first kappa shape index (κ1) is 13.8. The van der Waals surface area contributed by atoms with Gasteiger partial charge in [-0.1, -0.05) is 0 Å². The zero-order chi connectivity index (χ0) is 14.0. The summed E-state index contributed by atoms with van der Waals surface area (Å²) in [5.74, 6) is -0.338. The molecule has 2 fully saturated rings. The average molecular weight is 293 g/mol. The van der Waals surface area contributed by atoms with E-state index in [0.29, 0.717) is 26.3 Å². The lowest BCUT2D eigenvalue weighted by Crippen LogP contribution is -2.46. The first-order valence-electron chi connectivity index (χ1n) is 6.98. The van der Waals surface area contributed by atoms with Crippen LogP contribution in [0, 0.1) is 6.92 Å². The van der Waals surface area contributed by atoms with E-state index in [1.165, 1.54) is 4.88 Å². The second-order valence-electron chi connectivity index (χ2n) is 5.21. The van der Waals surface area contributed by atoms with Crippen molar-refractivity contribution >= 4 is 23.3 Å². The van der Waals surface area contributed by atoms with E-state index >= 15 is 0 Å². The van der Waals surface area contributed by atoms with Gasteiger partial charge in [-0.05, 0) is 25.1 Å². The van der Waals surface area contributed by atoms with Gasteiger partial charge < -0.3 is 14.4 Å². The minimum atomic E-state index is -0.411. The summed E-state index contributed by atoms with van der Waals surface area (Å²) in [6.45, 7) is 4.81. The fraction of sp³-hybridized carbons (Fsp3) is 0.533. The first-order valence-corrected chi connectivity index (χ1v) is 7.80. The van der Waals surface area contributed by atoms with Crippen LogP contribution in [0.15, 0.2) is 18.2 Å². The molecule has 2 aliphatic heterocycles. The highest BCUT2D eigenvalue weighted by molar-refractivity contribution is 7.12. The number of piperidine rings is 1. The van der Waals surface area contributed by atoms with E-state index in [9.17, 15) is 4.79 Å². The Bertz CT molecular complexity index is 507. The third kappa shape index (κ3) is 2.95. The summed E-state index contributed by atoms with van der Waals surface area (Å²) in [5.41, 5.74) is 0. The van der Waals surface area contributed by atoms with E-state index in [0.717, 1.165) is 17.7 Å². The van der Waals surface area contributed by atoms with E-state index in [-0.39, 0.29) is 5.91 Å². The lowest BCUT2D eigenvalue weighted by atomic mass is 10.0. The first-order chi connectivity index (χ1) is 9.67. The number of carbonyl (C=O) groups is 1. The molecule has 0 aliphatic carbocycles. The largest absolute Gasteiger partial charge is 0.347 e. The number of hydrogen-bond donors (Lipinski definition) is 0. The number of likely N-dealkylation sites (tertiary alicyclic amines) is 1. The lowest BCUT2D eigenvalue weighted by Gasteiger charge is -2.37. The van der Waals surface area contributed by atoms with Crippen molar-refractivity contribution in [1.82, 2.24) is 4.90 Å². The standard InChI is InChI=1S/C15H19NO3S/c1-12-2-3-13(20-12)4-5-14(17)16-8-6-15(7-9-16)18-10-11-19-15/h2-5H,6-11H2,1H3/b5-4+. The fourth-order valence-electron chi connectivity index (χ4n) is 2.66. The Kier molecular flexibility index (Phi) is 3.92. The normalized spacial score (nSPS) is 21.9. The number of aryl methyl sites for hydroxylation is 1. The molecule has 3 heterocycles. The molecule has 1 aromatic rings. The van der Waals surface area contributed by atoms with Gasteiger partial charge >= 0.3 is 0 Å². The monoisotopic (exact) mass is 293 g/mol. The van der Waals surface area contributed by atoms with E-state index in [4.69, 9.17) is 9.47 Å². The minimum absolute atomic E-state index is 0.0731. The molecule has 2 aliphatic rings. The van der Waals surface area contributed by atoms with Crippen LogP contribution in [0.1, 0.15) is 22.6 Å². The molecule has 0 atom stereocenters. The highest BCUT2D eigenvalue weighted by Gasteiger charge is 2.40. The zero-order valence-electron chi connectivity index (χ0n) is 11.6. The Balaban J connectivity index is 1.55. The molecule has 0 saturated carbocycles. The van der Waals surface area contributed by atoms with Gasteiger partial charge in [0, 0.05) is 41.8 Å². The molecule has 3 rings (SSSR count). The van der Waals surface area contributed by atoms with E-state index in [1.54, 1.807) is 17.4 Å². The molecule has 1 aromatic heterocycles. The number of hydrogen-bond acceptors (Lipinski definition) is 4. The van der Waals surface area contributed by atoms with Crippen LogP contribution in [0.5, 0.6) is 0 Å². The van der Waals surface area contributed by atoms with Crippen molar-refractivity contribution in [2.24, 2.45) is 0 Å². The maximum atomic E-state index is 12.1. The van der Waals surface area contributed by atoms with Crippen LogP contribution in [-0.4, -0.2) is 42.9 Å². The third-order valence-corrected chi connectivity index (χ3v) is 4.77. The summed E-state index contributed by atoms with van der Waals surface area (Å²) in [7, 11) is 0. The van der Waals surface area contributed by atoms with E-state index in [2.05, 4.69) is 13.0 Å². The predicted octanol–water partition coefficient (Wildman–Crippen LogP) is 2.44. The van der Waals surface area contributed by atoms with Crippen molar-refractivity contribution in [1.29, 1.82) is 0 Å². The van der Waals surface area contributed by atoms with Crippen LogP contribution >= 0.6 is 11.3 Å². The van der Waals surface area contributed by atoms with Gasteiger partial charge in [0.05, 0.1) is 13.2 Å². The van der Waals surface area contributed by atoms with Gasteiger partial charge in [-0.3, -0.25) is 4.79 Å². The molecule has 0 radical (unpaired) electrons. The van der Waals surface area contributed by atoms with Gasteiger partial charge in [0.25, 0.3) is 0 Å². The van der Waals surface area contributed by atoms with Gasteiger partial charge in [0.2, 0.25) is 5.91 Å². The van der Waals surface area contributed by atoms with Gasteiger partial charge in [-0.15, -0.1) is 11.3 Å². The summed E-state index contributed by atoms with van der Waals surface area (Å²) in [6, 6.07) is 4.10. The van der Waals surface area contributed by atoms with Crippen LogP contribution in [0.25, 0.3) is 6.08 Å². The topological polar surface area (TPSA) is 38.8 Å². The number of carbonyl (C=O) groups excluding carboxylic acids is 1. The summed E-state index contributed by atoms with van der Waals surface area (Å²) >= 11 is 1.69. The third-order valence-electron chi connectivity index (χ3n) is 3.80. The molecule has 1 spiro atoms. The SMILES string of the molecule is Cc1ccc(/C=C/C(=O)N2CCC3(CC2)OCCO3)s1. The second kappa shape index (κ2) is 5.68. The molecule has 5 heteroatoms. The number of thiophene rings is 1. The quantitative estimate of drug-likeness (QED) is 0.786.